The van der Waals surface area contributed by atoms with Crippen LogP contribution in [0.4, 0.5) is 0 Å². The Morgan fingerprint density at radius 3 is 2.62 bits per heavy atom. The highest BCUT2D eigenvalue weighted by Crippen LogP contribution is 2.20. The summed E-state index contributed by atoms with van der Waals surface area (Å²) in [7, 11) is -3.17. The molecular weight excluding hydrogens is 326 g/mol. The lowest BCUT2D eigenvalue weighted by molar-refractivity contribution is 0.0165. The predicted molar refractivity (Wildman–Crippen MR) is 95.1 cm³/mol. The number of aliphatic hydroxyl groups excluding tert-OH is 1. The third-order valence-corrected chi connectivity index (χ3v) is 5.53. The van der Waals surface area contributed by atoms with Crippen LogP contribution >= 0.6 is 0 Å². The number of hydrogen-bond donors (Lipinski definition) is 1. The van der Waals surface area contributed by atoms with Crippen molar-refractivity contribution >= 4 is 9.84 Å². The Balaban J connectivity index is 1.89. The molecule has 1 atom stereocenters. The minimum atomic E-state index is -3.17. The summed E-state index contributed by atoms with van der Waals surface area (Å²) in [5.41, 5.74) is 2.31. The van der Waals surface area contributed by atoms with Crippen LogP contribution in [-0.4, -0.2) is 63.6 Å². The van der Waals surface area contributed by atoms with E-state index in [0.29, 0.717) is 24.7 Å². The molecular formula is C18H29NO4S. The summed E-state index contributed by atoms with van der Waals surface area (Å²) in [5, 5.41) is 10.1. The number of ether oxygens (including phenoxy) is 1. The maximum absolute atomic E-state index is 11.7. The molecule has 6 heteroatoms. The Morgan fingerprint density at radius 2 is 1.96 bits per heavy atom. The van der Waals surface area contributed by atoms with Gasteiger partial charge in [-0.25, -0.2) is 8.42 Å². The lowest BCUT2D eigenvalue weighted by atomic mass is 10.0. The summed E-state index contributed by atoms with van der Waals surface area (Å²) in [6, 6.07) is 5.43. The maximum atomic E-state index is 11.7. The van der Waals surface area contributed by atoms with Crippen molar-refractivity contribution in [2.75, 3.05) is 39.1 Å². The van der Waals surface area contributed by atoms with E-state index in [2.05, 4.69) is 11.8 Å². The summed E-state index contributed by atoms with van der Waals surface area (Å²) < 4.78 is 28.9. The van der Waals surface area contributed by atoms with Gasteiger partial charge in [-0.2, -0.15) is 0 Å². The Kier molecular flexibility index (Phi) is 7.22. The lowest BCUT2D eigenvalue weighted by Crippen LogP contribution is -2.36. The average molecular weight is 356 g/mol. The van der Waals surface area contributed by atoms with Crippen molar-refractivity contribution in [1.29, 1.82) is 0 Å². The molecule has 0 saturated heterocycles. The van der Waals surface area contributed by atoms with Gasteiger partial charge in [0.1, 0.15) is 0 Å². The largest absolute Gasteiger partial charge is 0.389 e. The first-order valence-electron chi connectivity index (χ1n) is 8.70. The molecule has 0 spiro atoms. The molecule has 0 fully saturated rings. The fourth-order valence-corrected chi connectivity index (χ4v) is 3.65. The van der Waals surface area contributed by atoms with Crippen LogP contribution in [0.5, 0.6) is 0 Å². The number of aliphatic hydroxyl groups is 1. The molecule has 5 nitrogen and oxygen atoms in total. The monoisotopic (exact) mass is 355 g/mol. The fourth-order valence-electron chi connectivity index (χ4n) is 2.98. The normalized spacial score (nSPS) is 17.3. The highest BCUT2D eigenvalue weighted by atomic mass is 32.2. The lowest BCUT2D eigenvalue weighted by Gasteiger charge is -2.23. The molecule has 0 aromatic heterocycles. The van der Waals surface area contributed by atoms with Crippen LogP contribution in [0.1, 0.15) is 30.9 Å². The van der Waals surface area contributed by atoms with Crippen molar-refractivity contribution in [3.63, 3.8) is 0 Å². The van der Waals surface area contributed by atoms with Gasteiger partial charge < -0.3 is 14.7 Å². The standard InChI is InChI=1S/C18H29NO4S/c1-3-4-11-23-14-17(20)13-19-9-7-15-5-6-18(24(2,21)22)12-16(15)8-10-19/h5-6,12,17,20H,3-4,7-11,13-14H2,1-2H3. The van der Waals surface area contributed by atoms with Gasteiger partial charge in [0.15, 0.2) is 9.84 Å². The zero-order valence-electron chi connectivity index (χ0n) is 14.7. The molecule has 1 aliphatic heterocycles. The van der Waals surface area contributed by atoms with Crippen LogP contribution in [0.2, 0.25) is 0 Å². The van der Waals surface area contributed by atoms with E-state index in [9.17, 15) is 13.5 Å². The van der Waals surface area contributed by atoms with E-state index in [1.807, 2.05) is 6.07 Å². The van der Waals surface area contributed by atoms with E-state index in [4.69, 9.17) is 4.74 Å². The summed E-state index contributed by atoms with van der Waals surface area (Å²) in [4.78, 5) is 2.62. The van der Waals surface area contributed by atoms with Gasteiger partial charge >= 0.3 is 0 Å². The van der Waals surface area contributed by atoms with Gasteiger partial charge in [0.05, 0.1) is 17.6 Å². The molecule has 0 saturated carbocycles. The van der Waals surface area contributed by atoms with Crippen molar-refractivity contribution in [2.24, 2.45) is 0 Å². The van der Waals surface area contributed by atoms with Gasteiger partial charge in [-0.1, -0.05) is 19.4 Å². The third kappa shape index (κ3) is 5.84. The van der Waals surface area contributed by atoms with E-state index in [0.717, 1.165) is 44.3 Å². The first kappa shape index (κ1) is 19.4. The van der Waals surface area contributed by atoms with Crippen LogP contribution in [0.15, 0.2) is 23.1 Å². The van der Waals surface area contributed by atoms with E-state index < -0.39 is 15.9 Å². The molecule has 0 aliphatic carbocycles. The second kappa shape index (κ2) is 8.94. The molecule has 0 radical (unpaired) electrons. The zero-order chi connectivity index (χ0) is 17.6. The van der Waals surface area contributed by atoms with Crippen molar-refractivity contribution < 1.29 is 18.3 Å². The molecule has 1 aliphatic rings. The van der Waals surface area contributed by atoms with E-state index in [1.165, 1.54) is 11.8 Å². The SMILES string of the molecule is CCCCOCC(O)CN1CCc2ccc(S(C)(=O)=O)cc2CC1. The molecule has 1 aromatic carbocycles. The smallest absolute Gasteiger partial charge is 0.175 e. The van der Waals surface area contributed by atoms with E-state index >= 15 is 0 Å². The highest BCUT2D eigenvalue weighted by molar-refractivity contribution is 7.90. The number of nitrogens with zero attached hydrogens (tertiary/aromatic N) is 1. The quantitative estimate of drug-likeness (QED) is 0.719. The predicted octanol–water partition coefficient (Wildman–Crippen LogP) is 1.67. The van der Waals surface area contributed by atoms with Crippen molar-refractivity contribution in [3.05, 3.63) is 29.3 Å². The molecule has 136 valence electrons. The molecule has 2 rings (SSSR count). The summed E-state index contributed by atoms with van der Waals surface area (Å²) >= 11 is 0. The Hall–Kier alpha value is -0.950. The number of rotatable bonds is 8. The molecule has 1 aromatic rings. The zero-order valence-corrected chi connectivity index (χ0v) is 15.5. The third-order valence-electron chi connectivity index (χ3n) is 4.42. The first-order valence-corrected chi connectivity index (χ1v) is 10.6. The van der Waals surface area contributed by atoms with Gasteiger partial charge in [0.25, 0.3) is 0 Å². The Labute approximate surface area is 145 Å². The van der Waals surface area contributed by atoms with Gasteiger partial charge in [0.2, 0.25) is 0 Å². The van der Waals surface area contributed by atoms with Crippen LogP contribution in [0.3, 0.4) is 0 Å². The Bertz CT molecular complexity index is 630. The fraction of sp³-hybridized carbons (Fsp3) is 0.667. The molecule has 24 heavy (non-hydrogen) atoms. The minimum absolute atomic E-state index is 0.377. The summed E-state index contributed by atoms with van der Waals surface area (Å²) in [6.45, 7) is 5.49. The maximum Gasteiger partial charge on any atom is 0.175 e. The van der Waals surface area contributed by atoms with Gasteiger partial charge in [0, 0.05) is 32.5 Å². The number of benzene rings is 1. The number of unbranched alkanes of at least 4 members (excludes halogenated alkanes) is 1. The minimum Gasteiger partial charge on any atom is -0.389 e. The van der Waals surface area contributed by atoms with Gasteiger partial charge in [-0.3, -0.25) is 0 Å². The molecule has 0 amide bonds. The van der Waals surface area contributed by atoms with Crippen LogP contribution in [0, 0.1) is 0 Å². The summed E-state index contributed by atoms with van der Waals surface area (Å²) in [5.74, 6) is 0. The van der Waals surface area contributed by atoms with Gasteiger partial charge in [-0.15, -0.1) is 0 Å². The molecule has 1 N–H and O–H groups in total. The van der Waals surface area contributed by atoms with Crippen LogP contribution in [-0.2, 0) is 27.4 Å². The topological polar surface area (TPSA) is 66.8 Å². The number of sulfone groups is 1. The Morgan fingerprint density at radius 1 is 1.25 bits per heavy atom. The van der Waals surface area contributed by atoms with Crippen LogP contribution < -0.4 is 0 Å². The number of β-amino-alcohol motifs (C(OH)–C–C–N with tert-alkyl or cyclic N) is 1. The van der Waals surface area contributed by atoms with Crippen molar-refractivity contribution in [1.82, 2.24) is 4.90 Å². The van der Waals surface area contributed by atoms with Gasteiger partial charge in [-0.05, 0) is 42.5 Å². The highest BCUT2D eigenvalue weighted by Gasteiger charge is 2.18. The molecule has 1 heterocycles. The summed E-state index contributed by atoms with van der Waals surface area (Å²) in [6.07, 6.45) is 4.57. The number of fused-ring (bicyclic) bond motifs is 1. The van der Waals surface area contributed by atoms with E-state index in [1.54, 1.807) is 12.1 Å². The molecule has 0 bridgehead atoms. The average Bonchev–Trinajstić information content (AvgIpc) is 2.73. The second-order valence-electron chi connectivity index (χ2n) is 6.59. The number of hydrogen-bond acceptors (Lipinski definition) is 5. The van der Waals surface area contributed by atoms with Crippen molar-refractivity contribution in [2.45, 2.75) is 43.6 Å². The van der Waals surface area contributed by atoms with Crippen LogP contribution in [0.25, 0.3) is 0 Å². The first-order chi connectivity index (χ1) is 11.4. The van der Waals surface area contributed by atoms with E-state index in [-0.39, 0.29) is 0 Å². The van der Waals surface area contributed by atoms with Crippen molar-refractivity contribution in [3.8, 4) is 0 Å². The second-order valence-corrected chi connectivity index (χ2v) is 8.60. The molecule has 1 unspecified atom stereocenters.